The third kappa shape index (κ3) is 2.39. The van der Waals surface area contributed by atoms with E-state index in [-0.39, 0.29) is 18.4 Å². The van der Waals surface area contributed by atoms with Crippen molar-refractivity contribution in [2.24, 2.45) is 0 Å². The molecule has 21 heavy (non-hydrogen) atoms. The molecule has 2 unspecified atom stereocenters. The standard InChI is InChI=1S/C14H22N4O3/c1-13(5-2-3-7-15-13)11(20)18-8-4-6-14(9-18)10(19)16-12(21)17-14/h15H,2-9H2,1H3,(H2,16,17,19,21). The largest absolute Gasteiger partial charge is 0.338 e. The van der Waals surface area contributed by atoms with Crippen LogP contribution in [0.25, 0.3) is 0 Å². The lowest BCUT2D eigenvalue weighted by Crippen LogP contribution is -2.65. The molecule has 0 aliphatic carbocycles. The van der Waals surface area contributed by atoms with Crippen molar-refractivity contribution < 1.29 is 14.4 Å². The van der Waals surface area contributed by atoms with Crippen molar-refractivity contribution in [1.29, 1.82) is 0 Å². The summed E-state index contributed by atoms with van der Waals surface area (Å²) < 4.78 is 0. The number of likely N-dealkylation sites (tertiary alicyclic amines) is 1. The second kappa shape index (κ2) is 4.98. The average Bonchev–Trinajstić information content (AvgIpc) is 2.72. The number of rotatable bonds is 1. The van der Waals surface area contributed by atoms with Crippen LogP contribution in [0.1, 0.15) is 39.0 Å². The summed E-state index contributed by atoms with van der Waals surface area (Å²) >= 11 is 0. The number of hydrogen-bond donors (Lipinski definition) is 3. The van der Waals surface area contributed by atoms with Gasteiger partial charge in [0.15, 0.2) is 0 Å². The van der Waals surface area contributed by atoms with E-state index in [1.54, 1.807) is 4.90 Å². The van der Waals surface area contributed by atoms with E-state index in [1.165, 1.54) is 0 Å². The van der Waals surface area contributed by atoms with Crippen LogP contribution in [-0.4, -0.2) is 53.5 Å². The van der Waals surface area contributed by atoms with Crippen molar-refractivity contribution >= 4 is 17.8 Å². The number of piperidine rings is 2. The van der Waals surface area contributed by atoms with E-state index >= 15 is 0 Å². The minimum Gasteiger partial charge on any atom is -0.338 e. The van der Waals surface area contributed by atoms with Crippen molar-refractivity contribution in [3.8, 4) is 0 Å². The molecule has 0 bridgehead atoms. The topological polar surface area (TPSA) is 90.5 Å². The van der Waals surface area contributed by atoms with Crippen LogP contribution in [0.5, 0.6) is 0 Å². The fraction of sp³-hybridized carbons (Fsp3) is 0.786. The van der Waals surface area contributed by atoms with Gasteiger partial charge in [0, 0.05) is 6.54 Å². The highest BCUT2D eigenvalue weighted by molar-refractivity contribution is 6.07. The molecule has 3 aliphatic heterocycles. The molecule has 3 N–H and O–H groups in total. The van der Waals surface area contributed by atoms with Crippen molar-refractivity contribution in [3.63, 3.8) is 0 Å². The molecule has 3 fully saturated rings. The summed E-state index contributed by atoms with van der Waals surface area (Å²) in [5.74, 6) is -0.276. The molecule has 3 rings (SSSR count). The molecule has 2 atom stereocenters. The maximum atomic E-state index is 12.8. The zero-order chi connectivity index (χ0) is 15.1. The number of urea groups is 1. The Morgan fingerprint density at radius 3 is 2.62 bits per heavy atom. The van der Waals surface area contributed by atoms with Crippen molar-refractivity contribution in [2.45, 2.75) is 50.1 Å². The number of nitrogens with one attached hydrogen (secondary N) is 3. The van der Waals surface area contributed by atoms with E-state index in [2.05, 4.69) is 16.0 Å². The van der Waals surface area contributed by atoms with E-state index < -0.39 is 17.1 Å². The predicted molar refractivity (Wildman–Crippen MR) is 75.5 cm³/mol. The van der Waals surface area contributed by atoms with Gasteiger partial charge in [0.25, 0.3) is 5.91 Å². The molecule has 4 amide bonds. The molecule has 3 saturated heterocycles. The van der Waals surface area contributed by atoms with Crippen LogP contribution in [0.15, 0.2) is 0 Å². The quantitative estimate of drug-likeness (QED) is 0.580. The summed E-state index contributed by atoms with van der Waals surface area (Å²) in [4.78, 5) is 38.0. The molecule has 0 aromatic carbocycles. The van der Waals surface area contributed by atoms with Crippen LogP contribution in [0, 0.1) is 0 Å². The van der Waals surface area contributed by atoms with Crippen molar-refractivity contribution in [1.82, 2.24) is 20.9 Å². The number of amides is 4. The van der Waals surface area contributed by atoms with Gasteiger partial charge in [-0.3, -0.25) is 14.9 Å². The smallest absolute Gasteiger partial charge is 0.322 e. The number of hydrogen-bond acceptors (Lipinski definition) is 4. The number of nitrogens with zero attached hydrogens (tertiary/aromatic N) is 1. The summed E-state index contributed by atoms with van der Waals surface area (Å²) in [7, 11) is 0. The molecule has 3 aliphatic rings. The maximum Gasteiger partial charge on any atom is 0.322 e. The summed E-state index contributed by atoms with van der Waals surface area (Å²) in [6.07, 6.45) is 4.23. The molecule has 3 heterocycles. The minimum atomic E-state index is -0.935. The molecule has 7 heteroatoms. The lowest BCUT2D eigenvalue weighted by Gasteiger charge is -2.43. The Kier molecular flexibility index (Phi) is 3.39. The van der Waals surface area contributed by atoms with Crippen LogP contribution >= 0.6 is 0 Å². The zero-order valence-electron chi connectivity index (χ0n) is 12.3. The van der Waals surface area contributed by atoms with E-state index in [4.69, 9.17) is 0 Å². The van der Waals surface area contributed by atoms with Crippen LogP contribution in [0.3, 0.4) is 0 Å². The molecule has 0 aromatic heterocycles. The Balaban J connectivity index is 1.75. The van der Waals surface area contributed by atoms with Gasteiger partial charge in [-0.25, -0.2) is 4.79 Å². The van der Waals surface area contributed by atoms with Crippen LogP contribution in [-0.2, 0) is 9.59 Å². The lowest BCUT2D eigenvalue weighted by atomic mass is 9.85. The summed E-state index contributed by atoms with van der Waals surface area (Å²) in [6, 6.07) is -0.462. The highest BCUT2D eigenvalue weighted by atomic mass is 16.2. The van der Waals surface area contributed by atoms with Gasteiger partial charge in [0.05, 0.1) is 12.1 Å². The first-order chi connectivity index (χ1) is 9.95. The molecule has 0 radical (unpaired) electrons. The number of carbonyl (C=O) groups excluding carboxylic acids is 3. The lowest BCUT2D eigenvalue weighted by molar-refractivity contribution is -0.142. The highest BCUT2D eigenvalue weighted by Crippen LogP contribution is 2.28. The number of carbonyl (C=O) groups is 3. The third-order valence-corrected chi connectivity index (χ3v) is 4.88. The van der Waals surface area contributed by atoms with Crippen LogP contribution < -0.4 is 16.0 Å². The fourth-order valence-corrected chi connectivity index (χ4v) is 3.63. The van der Waals surface area contributed by atoms with E-state index in [9.17, 15) is 14.4 Å². The Labute approximate surface area is 123 Å². The van der Waals surface area contributed by atoms with Gasteiger partial charge in [-0.2, -0.15) is 0 Å². The van der Waals surface area contributed by atoms with Gasteiger partial charge in [-0.15, -0.1) is 0 Å². The summed E-state index contributed by atoms with van der Waals surface area (Å²) in [5.41, 5.74) is -1.48. The zero-order valence-corrected chi connectivity index (χ0v) is 12.3. The number of imide groups is 1. The average molecular weight is 294 g/mol. The first-order valence-electron chi connectivity index (χ1n) is 7.63. The molecule has 7 nitrogen and oxygen atoms in total. The summed E-state index contributed by atoms with van der Waals surface area (Å²) in [5, 5.41) is 8.30. The summed E-state index contributed by atoms with van der Waals surface area (Å²) in [6.45, 7) is 3.68. The molecular weight excluding hydrogens is 272 g/mol. The Morgan fingerprint density at radius 2 is 2.00 bits per heavy atom. The van der Waals surface area contributed by atoms with Crippen LogP contribution in [0.2, 0.25) is 0 Å². The molecule has 116 valence electrons. The normalized spacial score (nSPS) is 36.5. The monoisotopic (exact) mass is 294 g/mol. The second-order valence-corrected chi connectivity index (χ2v) is 6.54. The van der Waals surface area contributed by atoms with E-state index in [0.717, 1.165) is 32.2 Å². The minimum absolute atomic E-state index is 0.0372. The molecule has 0 saturated carbocycles. The van der Waals surface area contributed by atoms with Crippen LogP contribution in [0.4, 0.5) is 4.79 Å². The fourth-order valence-electron chi connectivity index (χ4n) is 3.63. The first kappa shape index (κ1) is 14.3. The third-order valence-electron chi connectivity index (χ3n) is 4.88. The second-order valence-electron chi connectivity index (χ2n) is 6.54. The van der Waals surface area contributed by atoms with Gasteiger partial charge in [0.1, 0.15) is 5.54 Å². The maximum absolute atomic E-state index is 12.8. The molecular formula is C14H22N4O3. The van der Waals surface area contributed by atoms with E-state index in [0.29, 0.717) is 13.0 Å². The molecule has 0 aromatic rings. The Hall–Kier alpha value is -1.63. The Bertz CT molecular complexity index is 487. The first-order valence-corrected chi connectivity index (χ1v) is 7.63. The van der Waals surface area contributed by atoms with Gasteiger partial charge in [0.2, 0.25) is 5.91 Å². The SMILES string of the molecule is CC1(C(=O)N2CCCC3(C2)NC(=O)NC3=O)CCCCN1. The van der Waals surface area contributed by atoms with Gasteiger partial charge in [-0.1, -0.05) is 0 Å². The van der Waals surface area contributed by atoms with Crippen molar-refractivity contribution in [3.05, 3.63) is 0 Å². The Morgan fingerprint density at radius 1 is 1.19 bits per heavy atom. The highest BCUT2D eigenvalue weighted by Gasteiger charge is 2.51. The van der Waals surface area contributed by atoms with Gasteiger partial charge in [-0.05, 0) is 45.6 Å². The van der Waals surface area contributed by atoms with Crippen molar-refractivity contribution in [2.75, 3.05) is 19.6 Å². The predicted octanol–water partition coefficient (Wildman–Crippen LogP) is -0.281. The molecule has 1 spiro atoms. The van der Waals surface area contributed by atoms with Gasteiger partial charge < -0.3 is 15.5 Å². The van der Waals surface area contributed by atoms with Gasteiger partial charge >= 0.3 is 6.03 Å². The van der Waals surface area contributed by atoms with E-state index in [1.807, 2.05) is 6.92 Å².